The molecule has 0 radical (unpaired) electrons. The second-order valence-electron chi connectivity index (χ2n) is 5.00. The molecule has 0 aliphatic heterocycles. The molecule has 0 saturated carbocycles. The third-order valence-electron chi connectivity index (χ3n) is 3.68. The Kier molecular flexibility index (Phi) is 2.60. The van der Waals surface area contributed by atoms with E-state index in [1.165, 1.54) is 0 Å². The first-order valence-electron chi connectivity index (χ1n) is 6.77. The van der Waals surface area contributed by atoms with Gasteiger partial charge in [-0.05, 0) is 11.6 Å². The number of pyridine rings is 2. The average molecular weight is 277 g/mol. The maximum Gasteiger partial charge on any atom is 0.418 e. The second kappa shape index (κ2) is 4.59. The van der Waals surface area contributed by atoms with Crippen molar-refractivity contribution < 1.29 is 14.5 Å². The molecule has 1 N–H and O–H groups in total. The average Bonchev–Trinajstić information content (AvgIpc) is 3.05. The number of aromatic nitrogens is 2. The zero-order chi connectivity index (χ0) is 14.2. The van der Waals surface area contributed by atoms with Gasteiger partial charge in [-0.25, -0.2) is 9.78 Å². The van der Waals surface area contributed by atoms with E-state index in [1.54, 1.807) is 4.57 Å². The Morgan fingerprint density at radius 3 is 2.71 bits per heavy atom. The summed E-state index contributed by atoms with van der Waals surface area (Å²) in [6.07, 6.45) is 5.30. The molecule has 0 aliphatic carbocycles. The summed E-state index contributed by atoms with van der Waals surface area (Å²) in [6, 6.07) is 13.6. The van der Waals surface area contributed by atoms with E-state index in [1.807, 2.05) is 61.1 Å². The molecular formula is C17H13N2O2+. The Morgan fingerprint density at radius 2 is 1.86 bits per heavy atom. The van der Waals surface area contributed by atoms with Crippen LogP contribution in [0.1, 0.15) is 5.56 Å². The van der Waals surface area contributed by atoms with Gasteiger partial charge in [-0.1, -0.05) is 36.4 Å². The monoisotopic (exact) mass is 277 g/mol. The first-order valence-corrected chi connectivity index (χ1v) is 6.77. The molecule has 0 unspecified atom stereocenters. The number of hydrogen-bond donors (Lipinski definition) is 0. The molecule has 4 heteroatoms. The van der Waals surface area contributed by atoms with E-state index in [0.717, 1.165) is 27.2 Å². The van der Waals surface area contributed by atoms with E-state index in [-0.39, 0.29) is 12.7 Å². The highest BCUT2D eigenvalue weighted by Gasteiger charge is 2.16. The molecule has 2 bridgehead atoms. The molecule has 21 heavy (non-hydrogen) atoms. The minimum Gasteiger partial charge on any atom is -0.444 e. The van der Waals surface area contributed by atoms with E-state index < -0.39 is 0 Å². The maximum atomic E-state index is 12.3. The first-order chi connectivity index (χ1) is 10.3. The number of rotatable bonds is 2. The summed E-state index contributed by atoms with van der Waals surface area (Å²) in [7, 11) is 0. The first kappa shape index (κ1) is 11.9. The van der Waals surface area contributed by atoms with Gasteiger partial charge in [0.05, 0.1) is 16.3 Å². The zero-order valence-electron chi connectivity index (χ0n) is 11.2. The number of ether oxygens (including phenoxy) is 1. The zero-order valence-corrected chi connectivity index (χ0v) is 11.2. The number of nitrogens with zero attached hydrogens (tertiary/aromatic N) is 1. The van der Waals surface area contributed by atoms with Crippen LogP contribution in [0.3, 0.4) is 0 Å². The van der Waals surface area contributed by atoms with Gasteiger partial charge in [0.25, 0.3) is 0 Å². The van der Waals surface area contributed by atoms with E-state index in [0.29, 0.717) is 0 Å². The highest BCUT2D eigenvalue weighted by Crippen LogP contribution is 2.26. The summed E-state index contributed by atoms with van der Waals surface area (Å²) in [5, 5.41) is 3.17. The fraction of sp³-hybridized carbons (Fsp3) is 0.0588. The van der Waals surface area contributed by atoms with Crippen molar-refractivity contribution in [1.82, 2.24) is 4.57 Å². The fourth-order valence-electron chi connectivity index (χ4n) is 2.63. The SMILES string of the molecule is O=C(OCc1ccccc1)n1cc2ccc1c1c[nH+]cc21. The van der Waals surface area contributed by atoms with Crippen LogP contribution in [0.25, 0.3) is 21.7 Å². The number of carbonyl (C=O) groups is 1. The predicted octanol–water partition coefficient (Wildman–Crippen LogP) is 3.23. The molecule has 102 valence electrons. The molecule has 5 aromatic rings. The highest BCUT2D eigenvalue weighted by atomic mass is 16.5. The van der Waals surface area contributed by atoms with Crippen LogP contribution in [0.2, 0.25) is 0 Å². The minimum atomic E-state index is -0.359. The number of fused-ring (bicyclic) bond motifs is 2. The third-order valence-corrected chi connectivity index (χ3v) is 3.68. The fourth-order valence-corrected chi connectivity index (χ4v) is 2.63. The van der Waals surface area contributed by atoms with Gasteiger partial charge < -0.3 is 4.74 Å². The Bertz CT molecular complexity index is 912. The number of hydrogen-bond acceptors (Lipinski definition) is 2. The lowest BCUT2D eigenvalue weighted by Gasteiger charge is -2.12. The Balaban J connectivity index is 1.65. The topological polar surface area (TPSA) is 45.4 Å². The molecule has 0 spiro atoms. The summed E-state index contributed by atoms with van der Waals surface area (Å²) in [5.41, 5.74) is 1.82. The molecule has 2 aromatic carbocycles. The molecule has 5 rings (SSSR count). The van der Waals surface area contributed by atoms with Crippen LogP contribution in [0, 0.1) is 0 Å². The van der Waals surface area contributed by atoms with Crippen molar-refractivity contribution in [2.75, 3.05) is 0 Å². The molecule has 4 nitrogen and oxygen atoms in total. The number of aromatic amines is 1. The summed E-state index contributed by atoms with van der Waals surface area (Å²) < 4.78 is 6.95. The van der Waals surface area contributed by atoms with Gasteiger partial charge in [0.1, 0.15) is 6.61 Å². The molecule has 0 saturated heterocycles. The lowest BCUT2D eigenvalue weighted by Crippen LogP contribution is -2.15. The maximum absolute atomic E-state index is 12.3. The van der Waals surface area contributed by atoms with Crippen molar-refractivity contribution in [2.45, 2.75) is 6.61 Å². The number of nitrogens with one attached hydrogen (secondary N) is 1. The third kappa shape index (κ3) is 1.92. The molecule has 0 fully saturated rings. The lowest BCUT2D eigenvalue weighted by molar-refractivity contribution is -0.371. The van der Waals surface area contributed by atoms with Gasteiger partial charge >= 0.3 is 6.09 Å². The summed E-state index contributed by atoms with van der Waals surface area (Å²) >= 11 is 0. The number of benzene rings is 2. The summed E-state index contributed by atoms with van der Waals surface area (Å²) in [5.74, 6) is 0. The molecule has 3 aromatic heterocycles. The predicted molar refractivity (Wildman–Crippen MR) is 79.2 cm³/mol. The van der Waals surface area contributed by atoms with Crippen LogP contribution in [0.5, 0.6) is 0 Å². The Morgan fingerprint density at radius 1 is 1.05 bits per heavy atom. The van der Waals surface area contributed by atoms with E-state index in [4.69, 9.17) is 4.74 Å². The lowest BCUT2D eigenvalue weighted by atomic mass is 10.1. The van der Waals surface area contributed by atoms with Crippen LogP contribution >= 0.6 is 0 Å². The van der Waals surface area contributed by atoms with Crippen molar-refractivity contribution in [3.63, 3.8) is 0 Å². The van der Waals surface area contributed by atoms with E-state index >= 15 is 0 Å². The van der Waals surface area contributed by atoms with Gasteiger partial charge in [-0.2, -0.15) is 0 Å². The number of H-pyrrole nitrogens is 1. The van der Waals surface area contributed by atoms with E-state index in [9.17, 15) is 4.79 Å². The minimum absolute atomic E-state index is 0.274. The standard InChI is InChI=1S/C17H12N2O2/c20-17(21-11-12-4-2-1-3-5-12)19-10-13-6-7-16(19)15-9-18-8-14(13)15/h1-10H,11H2/p+1. The van der Waals surface area contributed by atoms with Crippen molar-refractivity contribution >= 4 is 27.8 Å². The molecule has 0 amide bonds. The van der Waals surface area contributed by atoms with Crippen LogP contribution in [-0.2, 0) is 11.3 Å². The van der Waals surface area contributed by atoms with Crippen molar-refractivity contribution in [2.24, 2.45) is 0 Å². The second-order valence-corrected chi connectivity index (χ2v) is 5.00. The quantitative estimate of drug-likeness (QED) is 0.564. The van der Waals surface area contributed by atoms with Crippen molar-refractivity contribution in [3.8, 4) is 0 Å². The molecular weight excluding hydrogens is 264 g/mol. The Hall–Kier alpha value is -2.88. The smallest absolute Gasteiger partial charge is 0.418 e. The molecule has 0 atom stereocenters. The Labute approximate surface area is 120 Å². The normalized spacial score (nSPS) is 11.2. The highest BCUT2D eigenvalue weighted by molar-refractivity contribution is 6.09. The van der Waals surface area contributed by atoms with Crippen LogP contribution < -0.4 is 4.98 Å². The summed E-state index contributed by atoms with van der Waals surface area (Å²) in [6.45, 7) is 0.274. The van der Waals surface area contributed by atoms with Gasteiger partial charge in [0, 0.05) is 11.6 Å². The van der Waals surface area contributed by atoms with Crippen LogP contribution in [-0.4, -0.2) is 10.7 Å². The molecule has 0 aliphatic rings. The van der Waals surface area contributed by atoms with Crippen molar-refractivity contribution in [1.29, 1.82) is 0 Å². The number of carbonyl (C=O) groups excluding carboxylic acids is 1. The largest absolute Gasteiger partial charge is 0.444 e. The van der Waals surface area contributed by atoms with Crippen LogP contribution in [0.15, 0.2) is 61.1 Å². The van der Waals surface area contributed by atoms with Crippen molar-refractivity contribution in [3.05, 3.63) is 66.6 Å². The van der Waals surface area contributed by atoms with Gasteiger partial charge in [0.2, 0.25) is 0 Å². The van der Waals surface area contributed by atoms with Gasteiger partial charge in [-0.3, -0.25) is 4.57 Å². The van der Waals surface area contributed by atoms with Crippen LogP contribution in [0.4, 0.5) is 4.79 Å². The van der Waals surface area contributed by atoms with E-state index in [2.05, 4.69) is 4.98 Å². The summed E-state index contributed by atoms with van der Waals surface area (Å²) in [4.78, 5) is 15.4. The molecule has 3 heterocycles. The van der Waals surface area contributed by atoms with Gasteiger partial charge in [-0.15, -0.1) is 0 Å². The van der Waals surface area contributed by atoms with Gasteiger partial charge in [0.15, 0.2) is 12.4 Å².